The monoisotopic (exact) mass is 351 g/mol. The number of halogens is 1. The van der Waals surface area contributed by atoms with E-state index in [1.54, 1.807) is 0 Å². The maximum atomic E-state index is 6.04. The zero-order valence-corrected chi connectivity index (χ0v) is 13.6. The predicted molar refractivity (Wildman–Crippen MR) is 92.4 cm³/mol. The van der Waals surface area contributed by atoms with E-state index in [2.05, 4.69) is 38.0 Å². The van der Waals surface area contributed by atoms with Crippen molar-refractivity contribution in [2.75, 3.05) is 23.3 Å². The summed E-state index contributed by atoms with van der Waals surface area (Å²) in [6.45, 7) is 1.00. The Bertz CT molecular complexity index is 611. The second-order valence-corrected chi connectivity index (χ2v) is 7.45. The number of thioether (sulfide) groups is 1. The first-order chi connectivity index (χ1) is 9.74. The van der Waals surface area contributed by atoms with Crippen molar-refractivity contribution in [3.63, 3.8) is 0 Å². The summed E-state index contributed by atoms with van der Waals surface area (Å²) in [6.07, 6.45) is 5.85. The van der Waals surface area contributed by atoms with Gasteiger partial charge in [0, 0.05) is 33.5 Å². The van der Waals surface area contributed by atoms with E-state index < -0.39 is 0 Å². The first kappa shape index (κ1) is 14.0. The van der Waals surface area contributed by atoms with Crippen molar-refractivity contribution in [3.8, 4) is 0 Å². The van der Waals surface area contributed by atoms with Crippen molar-refractivity contribution in [3.05, 3.63) is 28.9 Å². The summed E-state index contributed by atoms with van der Waals surface area (Å²) in [5, 5.41) is 5.27. The van der Waals surface area contributed by atoms with Crippen LogP contribution in [0, 0.1) is 0 Å². The van der Waals surface area contributed by atoms with Gasteiger partial charge in [-0.3, -0.25) is 4.98 Å². The van der Waals surface area contributed by atoms with E-state index in [1.807, 2.05) is 24.4 Å². The molecule has 0 bridgehead atoms. The van der Waals surface area contributed by atoms with Gasteiger partial charge in [-0.25, -0.2) is 0 Å². The maximum Gasteiger partial charge on any atom is 0.0954 e. The van der Waals surface area contributed by atoms with Gasteiger partial charge < -0.3 is 11.1 Å². The van der Waals surface area contributed by atoms with Gasteiger partial charge in [-0.15, -0.1) is 0 Å². The van der Waals surface area contributed by atoms with Crippen LogP contribution in [0.3, 0.4) is 0 Å². The zero-order valence-electron chi connectivity index (χ0n) is 11.2. The number of fused-ring (bicyclic) bond motifs is 1. The summed E-state index contributed by atoms with van der Waals surface area (Å²) in [5.41, 5.74) is 8.84. The third-order valence-corrected chi connectivity index (χ3v) is 5.48. The number of hydrogen-bond donors (Lipinski definition) is 2. The van der Waals surface area contributed by atoms with Crippen molar-refractivity contribution >= 4 is 50.0 Å². The minimum Gasteiger partial charge on any atom is -0.398 e. The van der Waals surface area contributed by atoms with Crippen LogP contribution >= 0.6 is 27.7 Å². The lowest BCUT2D eigenvalue weighted by molar-refractivity contribution is 0.678. The molecule has 1 aliphatic rings. The molecule has 1 unspecified atom stereocenters. The van der Waals surface area contributed by atoms with E-state index >= 15 is 0 Å². The number of nitrogens with two attached hydrogens (primary N) is 1. The molecule has 3 N–H and O–H groups in total. The largest absolute Gasteiger partial charge is 0.398 e. The summed E-state index contributed by atoms with van der Waals surface area (Å²) >= 11 is 5.53. The molecular weight excluding hydrogens is 334 g/mol. The van der Waals surface area contributed by atoms with Gasteiger partial charge in [0.1, 0.15) is 0 Å². The lowest BCUT2D eigenvalue weighted by Gasteiger charge is -2.22. The summed E-state index contributed by atoms with van der Waals surface area (Å²) in [4.78, 5) is 4.51. The third kappa shape index (κ3) is 3.04. The molecule has 1 aromatic carbocycles. The van der Waals surface area contributed by atoms with E-state index in [1.165, 1.54) is 25.0 Å². The number of nitrogens with zero attached hydrogens (tertiary/aromatic N) is 1. The number of hydrogen-bond acceptors (Lipinski definition) is 4. The Kier molecular flexibility index (Phi) is 4.36. The second-order valence-electron chi connectivity index (χ2n) is 5.12. The highest BCUT2D eigenvalue weighted by Crippen LogP contribution is 2.30. The minimum absolute atomic E-state index is 0.715. The molecule has 0 spiro atoms. The van der Waals surface area contributed by atoms with Gasteiger partial charge in [0.05, 0.1) is 11.2 Å². The maximum absolute atomic E-state index is 6.04. The molecule has 1 fully saturated rings. The lowest BCUT2D eigenvalue weighted by Crippen LogP contribution is -2.20. The van der Waals surface area contributed by atoms with Crippen LogP contribution in [0.1, 0.15) is 19.3 Å². The Hall–Kier alpha value is -0.940. The van der Waals surface area contributed by atoms with Crippen molar-refractivity contribution in [1.29, 1.82) is 0 Å². The van der Waals surface area contributed by atoms with Crippen molar-refractivity contribution < 1.29 is 0 Å². The standard InChI is InChI=1S/C15H18BrN3S/c16-10-7-12-13(17)4-5-14(15(12)19-8-10)18-9-11-3-1-2-6-20-11/h4-5,7-8,11,18H,1-3,6,9,17H2. The van der Waals surface area contributed by atoms with E-state index in [0.29, 0.717) is 5.25 Å². The lowest BCUT2D eigenvalue weighted by atomic mass is 10.1. The molecule has 0 amide bonds. The van der Waals surface area contributed by atoms with E-state index in [0.717, 1.165) is 33.3 Å². The molecular formula is C15H18BrN3S. The van der Waals surface area contributed by atoms with Gasteiger partial charge in [-0.05, 0) is 52.7 Å². The molecule has 0 radical (unpaired) electrons. The van der Waals surface area contributed by atoms with Crippen LogP contribution in [0.2, 0.25) is 0 Å². The topological polar surface area (TPSA) is 50.9 Å². The quantitative estimate of drug-likeness (QED) is 0.810. The predicted octanol–water partition coefficient (Wildman–Crippen LogP) is 4.28. The summed E-state index contributed by atoms with van der Waals surface area (Å²) < 4.78 is 0.955. The number of pyridine rings is 1. The Labute approximate surface area is 131 Å². The van der Waals surface area contributed by atoms with Crippen LogP contribution in [0.4, 0.5) is 11.4 Å². The van der Waals surface area contributed by atoms with Crippen LogP contribution in [-0.2, 0) is 0 Å². The molecule has 5 heteroatoms. The highest BCUT2D eigenvalue weighted by Gasteiger charge is 2.14. The van der Waals surface area contributed by atoms with E-state index in [4.69, 9.17) is 5.73 Å². The number of aromatic nitrogens is 1. The fourth-order valence-electron chi connectivity index (χ4n) is 2.55. The number of nitrogen functional groups attached to an aromatic ring is 1. The summed E-state index contributed by atoms with van der Waals surface area (Å²) in [7, 11) is 0. The molecule has 3 nitrogen and oxygen atoms in total. The second kappa shape index (κ2) is 6.22. The number of anilines is 2. The van der Waals surface area contributed by atoms with Gasteiger partial charge >= 0.3 is 0 Å². The summed E-state index contributed by atoms with van der Waals surface area (Å²) in [6, 6.07) is 6.01. The van der Waals surface area contributed by atoms with Crippen LogP contribution in [0.15, 0.2) is 28.9 Å². The van der Waals surface area contributed by atoms with Gasteiger partial charge in [-0.2, -0.15) is 11.8 Å². The van der Waals surface area contributed by atoms with Gasteiger partial charge in [0.25, 0.3) is 0 Å². The van der Waals surface area contributed by atoms with E-state index in [9.17, 15) is 0 Å². The molecule has 1 aromatic heterocycles. The van der Waals surface area contributed by atoms with Gasteiger partial charge in [0.2, 0.25) is 0 Å². The number of benzene rings is 1. The Morgan fingerprint density at radius 2 is 2.30 bits per heavy atom. The van der Waals surface area contributed by atoms with Crippen molar-refractivity contribution in [1.82, 2.24) is 4.98 Å². The van der Waals surface area contributed by atoms with Crippen molar-refractivity contribution in [2.24, 2.45) is 0 Å². The van der Waals surface area contributed by atoms with Crippen LogP contribution < -0.4 is 11.1 Å². The molecule has 1 aliphatic heterocycles. The molecule has 2 heterocycles. The fraction of sp³-hybridized carbons (Fsp3) is 0.400. The Morgan fingerprint density at radius 1 is 1.40 bits per heavy atom. The van der Waals surface area contributed by atoms with Crippen LogP contribution in [-0.4, -0.2) is 22.5 Å². The highest BCUT2D eigenvalue weighted by atomic mass is 79.9. The fourth-order valence-corrected chi connectivity index (χ4v) is 4.12. The average molecular weight is 352 g/mol. The zero-order chi connectivity index (χ0) is 13.9. The molecule has 106 valence electrons. The van der Waals surface area contributed by atoms with Gasteiger partial charge in [-0.1, -0.05) is 6.42 Å². The number of nitrogens with one attached hydrogen (secondary N) is 1. The minimum atomic E-state index is 0.715. The third-order valence-electron chi connectivity index (χ3n) is 3.64. The molecule has 2 aromatic rings. The molecule has 0 saturated carbocycles. The molecule has 0 aliphatic carbocycles. The summed E-state index contributed by atoms with van der Waals surface area (Å²) in [5.74, 6) is 1.29. The normalized spacial score (nSPS) is 19.1. The molecule has 1 saturated heterocycles. The Morgan fingerprint density at radius 3 is 3.10 bits per heavy atom. The highest BCUT2D eigenvalue weighted by molar-refractivity contribution is 9.10. The van der Waals surface area contributed by atoms with Gasteiger partial charge in [0.15, 0.2) is 0 Å². The molecule has 20 heavy (non-hydrogen) atoms. The van der Waals surface area contributed by atoms with Crippen LogP contribution in [0.5, 0.6) is 0 Å². The molecule has 3 rings (SSSR count). The van der Waals surface area contributed by atoms with E-state index in [-0.39, 0.29) is 0 Å². The first-order valence-electron chi connectivity index (χ1n) is 6.93. The average Bonchev–Trinajstić information content (AvgIpc) is 2.48. The van der Waals surface area contributed by atoms with Crippen LogP contribution in [0.25, 0.3) is 10.9 Å². The van der Waals surface area contributed by atoms with Crippen molar-refractivity contribution in [2.45, 2.75) is 24.5 Å². The molecule has 1 atom stereocenters. The Balaban J connectivity index is 1.82. The number of rotatable bonds is 3. The SMILES string of the molecule is Nc1ccc(NCC2CCCCS2)c2ncc(Br)cc12. The smallest absolute Gasteiger partial charge is 0.0954 e. The first-order valence-corrected chi connectivity index (χ1v) is 8.77.